The summed E-state index contributed by atoms with van der Waals surface area (Å²) in [5.41, 5.74) is 2.10. The highest BCUT2D eigenvalue weighted by atomic mass is 16.5. The lowest BCUT2D eigenvalue weighted by molar-refractivity contribution is -0.131. The van der Waals surface area contributed by atoms with Gasteiger partial charge in [0.2, 0.25) is 0 Å². The number of ether oxygens (including phenoxy) is 1. The Bertz CT molecular complexity index is 916. The van der Waals surface area contributed by atoms with Crippen LogP contribution in [0.3, 0.4) is 0 Å². The van der Waals surface area contributed by atoms with E-state index >= 15 is 0 Å². The predicted octanol–water partition coefficient (Wildman–Crippen LogP) is 4.47. The number of carboxylic acids is 1. The first-order valence-corrected chi connectivity index (χ1v) is 7.67. The van der Waals surface area contributed by atoms with Crippen molar-refractivity contribution >= 4 is 16.7 Å². The van der Waals surface area contributed by atoms with E-state index in [-0.39, 0.29) is 0 Å². The normalized spacial score (nSPS) is 9.64. The molecule has 3 rings (SSSR count). The number of rotatable bonds is 2. The molecule has 3 nitrogen and oxygen atoms in total. The monoisotopic (exact) mass is 330 g/mol. The second-order valence-corrected chi connectivity index (χ2v) is 5.05. The van der Waals surface area contributed by atoms with Crippen LogP contribution in [0.15, 0.2) is 85.1 Å². The molecule has 0 aromatic heterocycles. The number of carbonyl (C=O) groups is 1. The minimum Gasteiger partial charge on any atom is -0.504 e. The first-order chi connectivity index (χ1) is 12.2. The maximum Gasteiger partial charge on any atom is 0.331 e. The molecule has 0 aliphatic heterocycles. The standard InChI is InChI=1S/C18H12.C4H6O3/c1-2-6-15(7-3-1)10-11-16-12-13-17-8-4-5-9-18(17)14-16;1-7-3-2-4(5)6/h1-9,12-14H;2-3H,1H3,(H,5,6). The molecule has 0 unspecified atom stereocenters. The highest BCUT2D eigenvalue weighted by Crippen LogP contribution is 2.14. The Morgan fingerprint density at radius 2 is 1.52 bits per heavy atom. The number of carboxylic acid groups (broad SMARTS) is 1. The third kappa shape index (κ3) is 6.25. The molecule has 0 atom stereocenters. The molecule has 3 aromatic rings. The van der Waals surface area contributed by atoms with E-state index < -0.39 is 5.97 Å². The molecular formula is C22H18O3. The molecule has 0 saturated carbocycles. The Kier molecular flexibility index (Phi) is 6.84. The van der Waals surface area contributed by atoms with Gasteiger partial charge < -0.3 is 9.84 Å². The van der Waals surface area contributed by atoms with E-state index in [1.54, 1.807) is 0 Å². The molecule has 0 heterocycles. The smallest absolute Gasteiger partial charge is 0.331 e. The molecule has 3 aromatic carbocycles. The number of methoxy groups -OCH3 is 1. The molecule has 0 bridgehead atoms. The van der Waals surface area contributed by atoms with Crippen LogP contribution < -0.4 is 0 Å². The lowest BCUT2D eigenvalue weighted by atomic mass is 10.1. The van der Waals surface area contributed by atoms with Gasteiger partial charge in [-0.25, -0.2) is 4.79 Å². The summed E-state index contributed by atoms with van der Waals surface area (Å²) in [6.45, 7) is 0. The van der Waals surface area contributed by atoms with Crippen molar-refractivity contribution in [2.75, 3.05) is 7.11 Å². The van der Waals surface area contributed by atoms with Gasteiger partial charge in [-0.15, -0.1) is 0 Å². The van der Waals surface area contributed by atoms with Crippen LogP contribution in [0, 0.1) is 11.8 Å². The summed E-state index contributed by atoms with van der Waals surface area (Å²) in [4.78, 5) is 9.59. The van der Waals surface area contributed by atoms with Gasteiger partial charge in [0.1, 0.15) is 0 Å². The van der Waals surface area contributed by atoms with Crippen molar-refractivity contribution in [2.24, 2.45) is 0 Å². The Morgan fingerprint density at radius 1 is 0.880 bits per heavy atom. The molecule has 0 spiro atoms. The van der Waals surface area contributed by atoms with Gasteiger partial charge in [0.15, 0.2) is 0 Å². The van der Waals surface area contributed by atoms with Crippen LogP contribution in [-0.2, 0) is 9.53 Å². The molecular weight excluding hydrogens is 312 g/mol. The van der Waals surface area contributed by atoms with Crippen LogP contribution >= 0.6 is 0 Å². The Labute approximate surface area is 147 Å². The first-order valence-electron chi connectivity index (χ1n) is 7.67. The van der Waals surface area contributed by atoms with E-state index in [0.29, 0.717) is 0 Å². The first kappa shape index (κ1) is 17.8. The summed E-state index contributed by atoms with van der Waals surface area (Å²) in [6.07, 6.45) is 2.02. The lowest BCUT2D eigenvalue weighted by Gasteiger charge is -1.97. The Morgan fingerprint density at radius 3 is 2.16 bits per heavy atom. The zero-order chi connectivity index (χ0) is 17.9. The van der Waals surface area contributed by atoms with E-state index in [4.69, 9.17) is 5.11 Å². The van der Waals surface area contributed by atoms with Crippen molar-refractivity contribution in [3.63, 3.8) is 0 Å². The number of aliphatic carboxylic acids is 1. The van der Waals surface area contributed by atoms with Crippen LogP contribution in [0.2, 0.25) is 0 Å². The molecule has 0 fully saturated rings. The Balaban J connectivity index is 0.000000277. The summed E-state index contributed by atoms with van der Waals surface area (Å²) in [5, 5.41) is 10.4. The van der Waals surface area contributed by atoms with Crippen molar-refractivity contribution in [3.8, 4) is 11.8 Å². The maximum absolute atomic E-state index is 9.59. The minimum atomic E-state index is -0.998. The summed E-state index contributed by atoms with van der Waals surface area (Å²) in [7, 11) is 1.39. The molecule has 124 valence electrons. The highest BCUT2D eigenvalue weighted by Gasteiger charge is 1.92. The second kappa shape index (κ2) is 9.59. The number of hydrogen-bond acceptors (Lipinski definition) is 2. The maximum atomic E-state index is 9.59. The van der Waals surface area contributed by atoms with Crippen LogP contribution in [0.1, 0.15) is 11.1 Å². The van der Waals surface area contributed by atoms with Gasteiger partial charge in [0, 0.05) is 11.1 Å². The summed E-state index contributed by atoms with van der Waals surface area (Å²) in [6, 6.07) is 24.7. The summed E-state index contributed by atoms with van der Waals surface area (Å²) >= 11 is 0. The van der Waals surface area contributed by atoms with Crippen LogP contribution in [0.4, 0.5) is 0 Å². The Hall–Kier alpha value is -3.51. The zero-order valence-corrected chi connectivity index (χ0v) is 13.8. The lowest BCUT2D eigenvalue weighted by Crippen LogP contribution is -1.85. The number of hydrogen-bond donors (Lipinski definition) is 1. The van der Waals surface area contributed by atoms with Gasteiger partial charge >= 0.3 is 5.97 Å². The SMILES string of the molecule is C(#Cc1ccc2ccccc2c1)c1ccccc1.COC=CC(=O)O. The van der Waals surface area contributed by atoms with E-state index in [0.717, 1.165) is 23.5 Å². The van der Waals surface area contributed by atoms with Crippen molar-refractivity contribution in [3.05, 3.63) is 96.3 Å². The molecule has 0 aliphatic rings. The molecule has 3 heteroatoms. The molecule has 25 heavy (non-hydrogen) atoms. The quantitative estimate of drug-likeness (QED) is 0.428. The van der Waals surface area contributed by atoms with Crippen LogP contribution in [0.25, 0.3) is 10.8 Å². The molecule has 0 radical (unpaired) electrons. The van der Waals surface area contributed by atoms with Gasteiger partial charge in [-0.3, -0.25) is 0 Å². The summed E-state index contributed by atoms with van der Waals surface area (Å²) in [5.74, 6) is 5.38. The fourth-order valence-corrected chi connectivity index (χ4v) is 2.06. The number of benzene rings is 3. The third-order valence-electron chi connectivity index (χ3n) is 3.22. The summed E-state index contributed by atoms with van der Waals surface area (Å²) < 4.78 is 4.29. The van der Waals surface area contributed by atoms with Gasteiger partial charge in [0.25, 0.3) is 0 Å². The van der Waals surface area contributed by atoms with E-state index in [1.165, 1.54) is 17.9 Å². The van der Waals surface area contributed by atoms with Gasteiger partial charge in [-0.2, -0.15) is 0 Å². The topological polar surface area (TPSA) is 46.5 Å². The van der Waals surface area contributed by atoms with Crippen LogP contribution in [0.5, 0.6) is 0 Å². The fraction of sp³-hybridized carbons (Fsp3) is 0.0455. The molecule has 0 saturated heterocycles. The molecule has 1 N–H and O–H groups in total. The van der Waals surface area contributed by atoms with Crippen LogP contribution in [-0.4, -0.2) is 18.2 Å². The highest BCUT2D eigenvalue weighted by molar-refractivity contribution is 5.83. The third-order valence-corrected chi connectivity index (χ3v) is 3.22. The van der Waals surface area contributed by atoms with E-state index in [1.807, 2.05) is 30.3 Å². The van der Waals surface area contributed by atoms with Crippen molar-refractivity contribution in [1.29, 1.82) is 0 Å². The van der Waals surface area contributed by atoms with Crippen molar-refractivity contribution < 1.29 is 14.6 Å². The zero-order valence-electron chi connectivity index (χ0n) is 13.8. The van der Waals surface area contributed by atoms with Gasteiger partial charge in [-0.1, -0.05) is 60.4 Å². The molecule has 0 aliphatic carbocycles. The number of fused-ring (bicyclic) bond motifs is 1. The largest absolute Gasteiger partial charge is 0.504 e. The second-order valence-electron chi connectivity index (χ2n) is 5.05. The van der Waals surface area contributed by atoms with E-state index in [2.05, 4.69) is 59.0 Å². The minimum absolute atomic E-state index is 0.917. The average molecular weight is 330 g/mol. The predicted molar refractivity (Wildman–Crippen MR) is 100 cm³/mol. The average Bonchev–Trinajstić information content (AvgIpc) is 2.66. The van der Waals surface area contributed by atoms with Crippen molar-refractivity contribution in [2.45, 2.75) is 0 Å². The molecule has 0 amide bonds. The fourth-order valence-electron chi connectivity index (χ4n) is 2.06. The van der Waals surface area contributed by atoms with Gasteiger partial charge in [-0.05, 0) is 35.0 Å². The van der Waals surface area contributed by atoms with Gasteiger partial charge in [0.05, 0.1) is 19.4 Å². The van der Waals surface area contributed by atoms with E-state index in [9.17, 15) is 4.79 Å². The van der Waals surface area contributed by atoms with Crippen molar-refractivity contribution in [1.82, 2.24) is 0 Å².